The van der Waals surface area contributed by atoms with E-state index >= 15 is 0 Å². The minimum atomic E-state index is -0.480. The van der Waals surface area contributed by atoms with Crippen LogP contribution in [0.4, 0.5) is 5.95 Å². The SMILES string of the molecule is Cc1cc(C)n2nc(C(=O)Nc3n[nH]c(C)n3)nc2n1. The van der Waals surface area contributed by atoms with Crippen LogP contribution in [-0.4, -0.2) is 40.7 Å². The molecule has 0 aromatic carbocycles. The molecule has 102 valence electrons. The van der Waals surface area contributed by atoms with Gasteiger partial charge in [0.1, 0.15) is 5.82 Å². The lowest BCUT2D eigenvalue weighted by Crippen LogP contribution is -2.15. The Morgan fingerprint density at radius 1 is 1.25 bits per heavy atom. The van der Waals surface area contributed by atoms with Gasteiger partial charge < -0.3 is 0 Å². The molecule has 0 saturated heterocycles. The van der Waals surface area contributed by atoms with E-state index in [-0.39, 0.29) is 11.8 Å². The lowest BCUT2D eigenvalue weighted by Gasteiger charge is -1.97. The van der Waals surface area contributed by atoms with E-state index < -0.39 is 5.91 Å². The van der Waals surface area contributed by atoms with Crippen LogP contribution < -0.4 is 5.32 Å². The van der Waals surface area contributed by atoms with E-state index in [4.69, 9.17) is 0 Å². The summed E-state index contributed by atoms with van der Waals surface area (Å²) in [6.45, 7) is 5.47. The highest BCUT2D eigenvalue weighted by molar-refractivity contribution is 6.00. The molecule has 9 heteroatoms. The summed E-state index contributed by atoms with van der Waals surface area (Å²) < 4.78 is 1.52. The number of aromatic amines is 1. The van der Waals surface area contributed by atoms with Gasteiger partial charge in [-0.15, -0.1) is 10.2 Å². The number of anilines is 1. The van der Waals surface area contributed by atoms with E-state index in [2.05, 4.69) is 35.6 Å². The van der Waals surface area contributed by atoms with Gasteiger partial charge in [0, 0.05) is 11.4 Å². The molecule has 0 unspecified atom stereocenters. The fourth-order valence-corrected chi connectivity index (χ4v) is 1.82. The number of aromatic nitrogens is 7. The number of amides is 1. The molecule has 0 aliphatic carbocycles. The zero-order valence-corrected chi connectivity index (χ0v) is 11.2. The van der Waals surface area contributed by atoms with Crippen molar-refractivity contribution in [2.24, 2.45) is 0 Å². The molecule has 20 heavy (non-hydrogen) atoms. The molecule has 0 saturated carbocycles. The Morgan fingerprint density at radius 3 is 2.75 bits per heavy atom. The molecular formula is C11H12N8O. The van der Waals surface area contributed by atoms with Gasteiger partial charge >= 0.3 is 0 Å². The molecule has 0 bridgehead atoms. The maximum atomic E-state index is 12.0. The first-order chi connectivity index (χ1) is 9.52. The van der Waals surface area contributed by atoms with E-state index in [1.165, 1.54) is 4.52 Å². The number of carbonyl (C=O) groups excluding carboxylic acids is 1. The van der Waals surface area contributed by atoms with Crippen molar-refractivity contribution in [1.82, 2.24) is 34.8 Å². The highest BCUT2D eigenvalue weighted by atomic mass is 16.2. The van der Waals surface area contributed by atoms with Crippen molar-refractivity contribution in [3.8, 4) is 0 Å². The summed E-state index contributed by atoms with van der Waals surface area (Å²) in [4.78, 5) is 24.3. The van der Waals surface area contributed by atoms with E-state index in [0.29, 0.717) is 11.6 Å². The summed E-state index contributed by atoms with van der Waals surface area (Å²) in [7, 11) is 0. The van der Waals surface area contributed by atoms with E-state index in [1.807, 2.05) is 19.9 Å². The maximum absolute atomic E-state index is 12.0. The molecule has 1 amide bonds. The number of H-pyrrole nitrogens is 1. The van der Waals surface area contributed by atoms with Crippen LogP contribution >= 0.6 is 0 Å². The number of rotatable bonds is 2. The van der Waals surface area contributed by atoms with Crippen molar-refractivity contribution >= 4 is 17.6 Å². The molecule has 0 atom stereocenters. The van der Waals surface area contributed by atoms with Crippen molar-refractivity contribution in [2.45, 2.75) is 20.8 Å². The number of nitrogens with zero attached hydrogens (tertiary/aromatic N) is 6. The van der Waals surface area contributed by atoms with Crippen molar-refractivity contribution < 1.29 is 4.79 Å². The summed E-state index contributed by atoms with van der Waals surface area (Å²) in [5.41, 5.74) is 1.67. The number of fused-ring (bicyclic) bond motifs is 1. The predicted octanol–water partition coefficient (Wildman–Crippen LogP) is 0.420. The standard InChI is InChI=1S/C11H12N8O/c1-5-4-6(2)19-11(12-5)14-8(18-19)9(20)15-10-13-7(3)16-17-10/h4H,1-3H3,(H2,13,15,16,17,20). The Bertz CT molecular complexity index is 802. The molecule has 2 N–H and O–H groups in total. The molecule has 0 aliphatic heterocycles. The number of hydrogen-bond donors (Lipinski definition) is 2. The number of hydrogen-bond acceptors (Lipinski definition) is 6. The van der Waals surface area contributed by atoms with Gasteiger partial charge in [0.2, 0.25) is 11.8 Å². The zero-order valence-electron chi connectivity index (χ0n) is 11.2. The quantitative estimate of drug-likeness (QED) is 0.698. The maximum Gasteiger partial charge on any atom is 0.297 e. The molecule has 0 aliphatic rings. The molecule has 3 heterocycles. The van der Waals surface area contributed by atoms with Crippen molar-refractivity contribution in [3.63, 3.8) is 0 Å². The third-order valence-electron chi connectivity index (χ3n) is 2.64. The van der Waals surface area contributed by atoms with Crippen LogP contribution in [-0.2, 0) is 0 Å². The third-order valence-corrected chi connectivity index (χ3v) is 2.64. The van der Waals surface area contributed by atoms with Crippen LogP contribution in [0.25, 0.3) is 5.78 Å². The largest absolute Gasteiger partial charge is 0.297 e. The second-order valence-electron chi connectivity index (χ2n) is 4.38. The Labute approximate surface area is 113 Å². The van der Waals surface area contributed by atoms with Crippen LogP contribution in [0.5, 0.6) is 0 Å². The molecule has 3 aromatic rings. The average molecular weight is 272 g/mol. The number of carbonyl (C=O) groups is 1. The molecule has 3 rings (SSSR count). The Kier molecular flexibility index (Phi) is 2.67. The summed E-state index contributed by atoms with van der Waals surface area (Å²) in [6.07, 6.45) is 0. The van der Waals surface area contributed by atoms with Gasteiger partial charge in [0.25, 0.3) is 11.7 Å². The van der Waals surface area contributed by atoms with Crippen molar-refractivity contribution in [1.29, 1.82) is 0 Å². The Hall–Kier alpha value is -2.84. The smallest absolute Gasteiger partial charge is 0.286 e. The molecular weight excluding hydrogens is 260 g/mol. The summed E-state index contributed by atoms with van der Waals surface area (Å²) in [5, 5.41) is 13.1. The van der Waals surface area contributed by atoms with Gasteiger partial charge in [-0.1, -0.05) is 0 Å². The van der Waals surface area contributed by atoms with Gasteiger partial charge in [0.15, 0.2) is 0 Å². The fraction of sp³-hybridized carbons (Fsp3) is 0.273. The van der Waals surface area contributed by atoms with E-state index in [9.17, 15) is 4.79 Å². The predicted molar refractivity (Wildman–Crippen MR) is 69.3 cm³/mol. The summed E-state index contributed by atoms with van der Waals surface area (Å²) in [6, 6.07) is 1.86. The number of aryl methyl sites for hydroxylation is 3. The molecule has 0 radical (unpaired) electrons. The highest BCUT2D eigenvalue weighted by Crippen LogP contribution is 2.06. The van der Waals surface area contributed by atoms with E-state index in [1.54, 1.807) is 6.92 Å². The minimum Gasteiger partial charge on any atom is -0.286 e. The second-order valence-corrected chi connectivity index (χ2v) is 4.38. The Morgan fingerprint density at radius 2 is 2.05 bits per heavy atom. The third kappa shape index (κ3) is 2.09. The second kappa shape index (κ2) is 4.37. The monoisotopic (exact) mass is 272 g/mol. The van der Waals surface area contributed by atoms with Crippen LogP contribution in [0, 0.1) is 20.8 Å². The lowest BCUT2D eigenvalue weighted by atomic mass is 10.4. The normalized spacial score (nSPS) is 10.9. The minimum absolute atomic E-state index is 0.0219. The van der Waals surface area contributed by atoms with Crippen LogP contribution in [0.3, 0.4) is 0 Å². The van der Waals surface area contributed by atoms with Crippen molar-refractivity contribution in [3.05, 3.63) is 29.1 Å². The van der Waals surface area contributed by atoms with Crippen LogP contribution in [0.2, 0.25) is 0 Å². The van der Waals surface area contributed by atoms with Gasteiger partial charge in [-0.05, 0) is 26.8 Å². The number of nitrogens with one attached hydrogen (secondary N) is 2. The molecule has 9 nitrogen and oxygen atoms in total. The molecule has 3 aromatic heterocycles. The van der Waals surface area contributed by atoms with Gasteiger partial charge in [-0.3, -0.25) is 15.2 Å². The first-order valence-corrected chi connectivity index (χ1v) is 5.94. The van der Waals surface area contributed by atoms with E-state index in [0.717, 1.165) is 11.4 Å². The average Bonchev–Trinajstić information content (AvgIpc) is 2.95. The Balaban J connectivity index is 1.94. The zero-order chi connectivity index (χ0) is 14.3. The molecule has 0 fully saturated rings. The van der Waals surface area contributed by atoms with Crippen molar-refractivity contribution in [2.75, 3.05) is 5.32 Å². The van der Waals surface area contributed by atoms with Gasteiger partial charge in [-0.25, -0.2) is 9.50 Å². The van der Waals surface area contributed by atoms with Gasteiger partial charge in [-0.2, -0.15) is 9.97 Å². The van der Waals surface area contributed by atoms with Crippen LogP contribution in [0.1, 0.15) is 27.8 Å². The lowest BCUT2D eigenvalue weighted by molar-refractivity contribution is 0.101. The summed E-state index contributed by atoms with van der Waals surface area (Å²) in [5.74, 6) is 0.725. The fourth-order valence-electron chi connectivity index (χ4n) is 1.82. The van der Waals surface area contributed by atoms with Crippen LogP contribution in [0.15, 0.2) is 6.07 Å². The summed E-state index contributed by atoms with van der Waals surface area (Å²) >= 11 is 0. The first-order valence-electron chi connectivity index (χ1n) is 5.94. The topological polar surface area (TPSA) is 114 Å². The van der Waals surface area contributed by atoms with Gasteiger partial charge in [0.05, 0.1) is 0 Å². The molecule has 0 spiro atoms. The highest BCUT2D eigenvalue weighted by Gasteiger charge is 2.16. The first kappa shape index (κ1) is 12.2.